The van der Waals surface area contributed by atoms with Gasteiger partial charge < -0.3 is 4.90 Å². The van der Waals surface area contributed by atoms with Crippen molar-refractivity contribution in [2.75, 3.05) is 26.7 Å². The Kier molecular flexibility index (Phi) is 6.58. The van der Waals surface area contributed by atoms with Crippen molar-refractivity contribution in [2.24, 2.45) is 0 Å². The molecule has 3 aromatic carbocycles. The van der Waals surface area contributed by atoms with Crippen molar-refractivity contribution < 1.29 is 0 Å². The van der Waals surface area contributed by atoms with E-state index in [-0.39, 0.29) is 0 Å². The molecule has 1 aliphatic heterocycles. The fraction of sp³-hybridized carbons (Fsp3) is 0.250. The number of benzene rings is 3. The number of hydrogen-bond donors (Lipinski definition) is 0. The molecule has 1 saturated heterocycles. The van der Waals surface area contributed by atoms with Crippen molar-refractivity contribution in [2.45, 2.75) is 19.1 Å². The molecule has 5 rings (SSSR count). The normalized spacial score (nSPS) is 17.3. The predicted octanol–water partition coefficient (Wildman–Crippen LogP) is 5.74. The van der Waals surface area contributed by atoms with Crippen LogP contribution in [0.5, 0.6) is 0 Å². The van der Waals surface area contributed by atoms with Crippen LogP contribution in [0.15, 0.2) is 91.1 Å². The van der Waals surface area contributed by atoms with Gasteiger partial charge in [-0.15, -0.1) is 0 Å². The summed E-state index contributed by atoms with van der Waals surface area (Å²) in [5.41, 5.74) is 6.00. The smallest absolute Gasteiger partial charge is 0.0968 e. The van der Waals surface area contributed by atoms with Crippen LogP contribution in [0.2, 0.25) is 5.02 Å². The first-order chi connectivity index (χ1) is 16.2. The van der Waals surface area contributed by atoms with E-state index in [0.29, 0.717) is 6.04 Å². The Bertz CT molecular complexity index is 1170. The summed E-state index contributed by atoms with van der Waals surface area (Å²) in [5.74, 6) is 0. The lowest BCUT2D eigenvalue weighted by atomic mass is 10.0. The minimum Gasteiger partial charge on any atom is -0.303 e. The number of hydrogen-bond acceptors (Lipinski definition) is 3. The molecule has 5 heteroatoms. The van der Waals surface area contributed by atoms with Gasteiger partial charge in [0.1, 0.15) is 0 Å². The predicted molar refractivity (Wildman–Crippen MR) is 135 cm³/mol. The Morgan fingerprint density at radius 1 is 0.848 bits per heavy atom. The Morgan fingerprint density at radius 2 is 1.55 bits per heavy atom. The second-order valence-corrected chi connectivity index (χ2v) is 9.29. The summed E-state index contributed by atoms with van der Waals surface area (Å²) in [6.07, 6.45) is 2.22. The van der Waals surface area contributed by atoms with Gasteiger partial charge in [-0.3, -0.25) is 9.58 Å². The van der Waals surface area contributed by atoms with E-state index in [0.717, 1.165) is 49.0 Å². The maximum absolute atomic E-state index is 6.17. The molecule has 0 radical (unpaired) electrons. The third-order valence-corrected chi connectivity index (χ3v) is 6.65. The van der Waals surface area contributed by atoms with E-state index in [1.54, 1.807) is 0 Å². The first-order valence-electron chi connectivity index (χ1n) is 11.5. The lowest BCUT2D eigenvalue weighted by molar-refractivity contribution is 0.0835. The van der Waals surface area contributed by atoms with Crippen LogP contribution in [0, 0.1) is 0 Å². The highest BCUT2D eigenvalue weighted by molar-refractivity contribution is 6.30. The summed E-state index contributed by atoms with van der Waals surface area (Å²) in [7, 11) is 2.21. The highest BCUT2D eigenvalue weighted by atomic mass is 35.5. The first-order valence-corrected chi connectivity index (χ1v) is 11.9. The molecule has 2 heterocycles. The van der Waals surface area contributed by atoms with Crippen LogP contribution in [-0.4, -0.2) is 46.3 Å². The van der Waals surface area contributed by atoms with Crippen LogP contribution in [0.3, 0.4) is 0 Å². The van der Waals surface area contributed by atoms with Crippen molar-refractivity contribution in [3.05, 3.63) is 113 Å². The zero-order valence-corrected chi connectivity index (χ0v) is 19.7. The number of likely N-dealkylation sites (N-methyl/N-ethyl adjacent to an activating group) is 1. The van der Waals surface area contributed by atoms with Gasteiger partial charge in [0.2, 0.25) is 0 Å². The van der Waals surface area contributed by atoms with Gasteiger partial charge in [-0.25, -0.2) is 0 Å². The summed E-state index contributed by atoms with van der Waals surface area (Å²) >= 11 is 6.17. The molecule has 0 N–H and O–H groups in total. The van der Waals surface area contributed by atoms with Crippen LogP contribution in [0.1, 0.15) is 22.7 Å². The van der Waals surface area contributed by atoms with E-state index in [2.05, 4.69) is 94.5 Å². The molecule has 0 saturated carbocycles. The van der Waals surface area contributed by atoms with Crippen LogP contribution in [-0.2, 0) is 13.1 Å². The van der Waals surface area contributed by atoms with Gasteiger partial charge in [-0.2, -0.15) is 5.10 Å². The minimum absolute atomic E-state index is 0.362. The summed E-state index contributed by atoms with van der Waals surface area (Å²) in [6.45, 7) is 4.74. The Morgan fingerprint density at radius 3 is 2.27 bits per heavy atom. The maximum Gasteiger partial charge on any atom is 0.0968 e. The van der Waals surface area contributed by atoms with Gasteiger partial charge in [0.25, 0.3) is 0 Å². The molecule has 1 atom stereocenters. The van der Waals surface area contributed by atoms with Crippen LogP contribution < -0.4 is 0 Å². The standard InChI is InChI=1S/C28H29ClN4/c1-31-16-17-32(27(21-31)23-10-6-3-7-11-23)19-25-20-33(18-22-8-4-2-5-9-22)30-28(25)24-12-14-26(29)15-13-24/h2-15,20,27H,16-19,21H2,1H3. The van der Waals surface area contributed by atoms with Crippen molar-refractivity contribution in [1.29, 1.82) is 0 Å². The topological polar surface area (TPSA) is 24.3 Å². The fourth-order valence-electron chi connectivity index (χ4n) is 4.64. The Balaban J connectivity index is 1.48. The molecule has 4 aromatic rings. The fourth-order valence-corrected chi connectivity index (χ4v) is 4.76. The van der Waals surface area contributed by atoms with Crippen LogP contribution >= 0.6 is 11.6 Å². The van der Waals surface area contributed by atoms with E-state index in [9.17, 15) is 0 Å². The second-order valence-electron chi connectivity index (χ2n) is 8.85. The Labute approximate surface area is 201 Å². The van der Waals surface area contributed by atoms with E-state index in [1.165, 1.54) is 16.7 Å². The molecular weight excluding hydrogens is 428 g/mol. The van der Waals surface area contributed by atoms with E-state index in [1.807, 2.05) is 18.2 Å². The molecule has 1 aliphatic rings. The van der Waals surface area contributed by atoms with Crippen molar-refractivity contribution >= 4 is 11.6 Å². The van der Waals surface area contributed by atoms with E-state index in [4.69, 9.17) is 16.7 Å². The van der Waals surface area contributed by atoms with E-state index < -0.39 is 0 Å². The SMILES string of the molecule is CN1CCN(Cc2cn(Cc3ccccc3)nc2-c2ccc(Cl)cc2)C(c2ccccc2)C1. The van der Waals surface area contributed by atoms with Crippen LogP contribution in [0.4, 0.5) is 0 Å². The van der Waals surface area contributed by atoms with Crippen molar-refractivity contribution in [3.8, 4) is 11.3 Å². The first kappa shape index (κ1) is 21.9. The van der Waals surface area contributed by atoms with Crippen molar-refractivity contribution in [1.82, 2.24) is 19.6 Å². The molecule has 168 valence electrons. The highest BCUT2D eigenvalue weighted by Crippen LogP contribution is 2.30. The number of aromatic nitrogens is 2. The molecule has 1 fully saturated rings. The largest absolute Gasteiger partial charge is 0.303 e. The third kappa shape index (κ3) is 5.19. The molecule has 4 nitrogen and oxygen atoms in total. The number of halogens is 1. The second kappa shape index (κ2) is 9.92. The van der Waals surface area contributed by atoms with E-state index >= 15 is 0 Å². The molecule has 1 unspecified atom stereocenters. The molecule has 0 spiro atoms. The van der Waals surface area contributed by atoms with Crippen LogP contribution in [0.25, 0.3) is 11.3 Å². The summed E-state index contributed by atoms with van der Waals surface area (Å²) in [5, 5.41) is 5.76. The van der Waals surface area contributed by atoms with Gasteiger partial charge >= 0.3 is 0 Å². The van der Waals surface area contributed by atoms with Crippen molar-refractivity contribution in [3.63, 3.8) is 0 Å². The van der Waals surface area contributed by atoms with Gasteiger partial charge in [-0.05, 0) is 30.3 Å². The molecular formula is C28H29ClN4. The average Bonchev–Trinajstić information content (AvgIpc) is 3.24. The van der Waals surface area contributed by atoms with Gasteiger partial charge in [0.05, 0.1) is 12.2 Å². The zero-order chi connectivity index (χ0) is 22.6. The molecule has 0 aliphatic carbocycles. The third-order valence-electron chi connectivity index (χ3n) is 6.39. The van der Waals surface area contributed by atoms with Gasteiger partial charge in [0.15, 0.2) is 0 Å². The molecule has 33 heavy (non-hydrogen) atoms. The minimum atomic E-state index is 0.362. The molecule has 0 bridgehead atoms. The monoisotopic (exact) mass is 456 g/mol. The lowest BCUT2D eigenvalue weighted by Crippen LogP contribution is -2.46. The average molecular weight is 457 g/mol. The maximum atomic E-state index is 6.17. The number of piperazine rings is 1. The summed E-state index contributed by atoms with van der Waals surface area (Å²) < 4.78 is 2.07. The van der Waals surface area contributed by atoms with Gasteiger partial charge in [0, 0.05) is 54.6 Å². The lowest BCUT2D eigenvalue weighted by Gasteiger charge is -2.40. The highest BCUT2D eigenvalue weighted by Gasteiger charge is 2.28. The number of rotatable bonds is 6. The molecule has 0 amide bonds. The quantitative estimate of drug-likeness (QED) is 0.369. The number of nitrogens with zero attached hydrogens (tertiary/aromatic N) is 4. The Hall–Kier alpha value is -2.92. The van der Waals surface area contributed by atoms with Gasteiger partial charge in [-0.1, -0.05) is 84.4 Å². The zero-order valence-electron chi connectivity index (χ0n) is 18.9. The molecule has 1 aromatic heterocycles. The summed E-state index contributed by atoms with van der Waals surface area (Å²) in [6, 6.07) is 29.7. The summed E-state index contributed by atoms with van der Waals surface area (Å²) in [4.78, 5) is 5.02.